The molecule has 124 valence electrons. The van der Waals surface area contributed by atoms with Crippen molar-refractivity contribution in [3.63, 3.8) is 0 Å². The van der Waals surface area contributed by atoms with E-state index in [4.69, 9.17) is 16.0 Å². The van der Waals surface area contributed by atoms with Gasteiger partial charge in [-0.1, -0.05) is 22.4 Å². The fraction of sp³-hybridized carbons (Fsp3) is 0.176. The van der Waals surface area contributed by atoms with Crippen LogP contribution < -0.4 is 11.5 Å². The summed E-state index contributed by atoms with van der Waals surface area (Å²) in [5, 5.41) is 16.4. The molecule has 0 saturated heterocycles. The second-order valence-electron chi connectivity index (χ2n) is 5.68. The van der Waals surface area contributed by atoms with Crippen LogP contribution >= 0.6 is 0 Å². The zero-order chi connectivity index (χ0) is 17.4. The molecule has 0 aliphatic rings. The van der Waals surface area contributed by atoms with Crippen LogP contribution in [0.25, 0.3) is 22.3 Å². The first-order valence-electron chi connectivity index (χ1n) is 7.40. The lowest BCUT2D eigenvalue weighted by molar-refractivity contribution is 0.318. The van der Waals surface area contributed by atoms with E-state index in [9.17, 15) is 5.21 Å². The molecule has 0 bridgehead atoms. The molecule has 5 N–H and O–H groups in total. The predicted octanol–water partition coefficient (Wildman–Crippen LogP) is 2.64. The minimum absolute atomic E-state index is 0.0224. The van der Waals surface area contributed by atoms with Crippen molar-refractivity contribution in [3.8, 4) is 22.3 Å². The first kappa shape index (κ1) is 15.7. The van der Waals surface area contributed by atoms with Gasteiger partial charge in [0.25, 0.3) is 0 Å². The third kappa shape index (κ3) is 2.40. The van der Waals surface area contributed by atoms with Crippen LogP contribution in [0.5, 0.6) is 0 Å². The van der Waals surface area contributed by atoms with Crippen molar-refractivity contribution >= 4 is 11.5 Å². The second-order valence-corrected chi connectivity index (χ2v) is 5.68. The zero-order valence-electron chi connectivity index (χ0n) is 13.7. The first-order valence-corrected chi connectivity index (χ1v) is 7.40. The zero-order valence-corrected chi connectivity index (χ0v) is 13.7. The first-order chi connectivity index (χ1) is 11.4. The minimum Gasteiger partial charge on any atom is -0.409 e. The van der Waals surface area contributed by atoms with Crippen LogP contribution in [-0.4, -0.2) is 20.8 Å². The Morgan fingerprint density at radius 3 is 2.42 bits per heavy atom. The standard InChI is InChI=1S/C17H19N5O2/c1-9-14(10(2)24-21-9)15-13(11-4-6-12(18)7-5-11)8-22(3)16(15)17(19)20-23/h4-8,23H,18H2,1-3H3,(H2,19,20). The van der Waals surface area contributed by atoms with Gasteiger partial charge in [0.15, 0.2) is 5.84 Å². The van der Waals surface area contributed by atoms with E-state index in [-0.39, 0.29) is 5.84 Å². The number of nitrogens with zero attached hydrogens (tertiary/aromatic N) is 3. The average Bonchev–Trinajstić information content (AvgIpc) is 3.06. The summed E-state index contributed by atoms with van der Waals surface area (Å²) in [6.45, 7) is 3.70. The molecule has 2 heterocycles. The molecule has 0 spiro atoms. The Hall–Kier alpha value is -3.22. The molecule has 0 amide bonds. The van der Waals surface area contributed by atoms with Crippen molar-refractivity contribution in [2.75, 3.05) is 5.73 Å². The van der Waals surface area contributed by atoms with Gasteiger partial charge in [-0.05, 0) is 31.5 Å². The number of aromatic nitrogens is 2. The molecular weight excluding hydrogens is 306 g/mol. The lowest BCUT2D eigenvalue weighted by Gasteiger charge is -2.08. The van der Waals surface area contributed by atoms with Crippen LogP contribution in [0.2, 0.25) is 0 Å². The van der Waals surface area contributed by atoms with Gasteiger partial charge in [0.1, 0.15) is 5.76 Å². The molecule has 0 aliphatic heterocycles. The summed E-state index contributed by atoms with van der Waals surface area (Å²) >= 11 is 0. The van der Waals surface area contributed by atoms with Gasteiger partial charge in [-0.15, -0.1) is 0 Å². The van der Waals surface area contributed by atoms with E-state index >= 15 is 0 Å². The Morgan fingerprint density at radius 1 is 1.21 bits per heavy atom. The summed E-state index contributed by atoms with van der Waals surface area (Å²) in [7, 11) is 1.84. The number of amidine groups is 1. The normalized spacial score (nSPS) is 11.9. The van der Waals surface area contributed by atoms with Crippen molar-refractivity contribution in [3.05, 3.63) is 47.6 Å². The number of anilines is 1. The van der Waals surface area contributed by atoms with E-state index in [1.807, 2.05) is 55.9 Å². The summed E-state index contributed by atoms with van der Waals surface area (Å²) in [5.41, 5.74) is 17.3. The monoisotopic (exact) mass is 325 g/mol. The van der Waals surface area contributed by atoms with Gasteiger partial charge in [0.05, 0.1) is 17.0 Å². The lowest BCUT2D eigenvalue weighted by atomic mass is 9.95. The number of hydrogen-bond acceptors (Lipinski definition) is 5. The number of rotatable bonds is 3. The largest absolute Gasteiger partial charge is 0.409 e. The van der Waals surface area contributed by atoms with E-state index in [2.05, 4.69) is 10.3 Å². The highest BCUT2D eigenvalue weighted by Crippen LogP contribution is 2.39. The number of nitrogen functional groups attached to an aromatic ring is 1. The number of hydrogen-bond donors (Lipinski definition) is 3. The summed E-state index contributed by atoms with van der Waals surface area (Å²) in [6, 6.07) is 7.54. The summed E-state index contributed by atoms with van der Waals surface area (Å²) in [6.07, 6.45) is 1.93. The molecule has 0 radical (unpaired) electrons. The number of oxime groups is 1. The maximum atomic E-state index is 9.18. The Kier molecular flexibility index (Phi) is 3.76. The van der Waals surface area contributed by atoms with Gasteiger partial charge in [-0.3, -0.25) is 0 Å². The van der Waals surface area contributed by atoms with E-state index in [1.165, 1.54) is 0 Å². The number of nitrogens with two attached hydrogens (primary N) is 2. The van der Waals surface area contributed by atoms with Crippen molar-refractivity contribution in [2.24, 2.45) is 17.9 Å². The molecule has 0 fully saturated rings. The SMILES string of the molecule is Cc1noc(C)c1-c1c(-c2ccc(N)cc2)cn(C)c1/C(N)=N/O. The van der Waals surface area contributed by atoms with Gasteiger partial charge in [0, 0.05) is 30.1 Å². The highest BCUT2D eigenvalue weighted by Gasteiger charge is 2.25. The summed E-state index contributed by atoms with van der Waals surface area (Å²) in [4.78, 5) is 0. The Balaban J connectivity index is 2.37. The smallest absolute Gasteiger partial charge is 0.187 e. The molecule has 2 aromatic heterocycles. The van der Waals surface area contributed by atoms with E-state index in [1.54, 1.807) is 0 Å². The van der Waals surface area contributed by atoms with Crippen LogP contribution in [0.1, 0.15) is 17.1 Å². The van der Waals surface area contributed by atoms with Crippen molar-refractivity contribution in [1.82, 2.24) is 9.72 Å². The molecule has 0 unspecified atom stereocenters. The molecular formula is C17H19N5O2. The van der Waals surface area contributed by atoms with Crippen LogP contribution in [0, 0.1) is 13.8 Å². The van der Waals surface area contributed by atoms with E-state index < -0.39 is 0 Å². The molecule has 0 saturated carbocycles. The third-order valence-corrected chi connectivity index (χ3v) is 4.04. The Bertz CT molecular complexity index is 900. The average molecular weight is 325 g/mol. The van der Waals surface area contributed by atoms with Gasteiger partial charge >= 0.3 is 0 Å². The second kappa shape index (κ2) is 5.77. The quantitative estimate of drug-likeness (QED) is 0.225. The molecule has 0 aliphatic carbocycles. The molecule has 3 rings (SSSR count). The summed E-state index contributed by atoms with van der Waals surface area (Å²) < 4.78 is 7.14. The number of aryl methyl sites for hydroxylation is 3. The maximum Gasteiger partial charge on any atom is 0.187 e. The molecule has 7 heteroatoms. The van der Waals surface area contributed by atoms with Gasteiger partial charge in [0.2, 0.25) is 0 Å². The molecule has 24 heavy (non-hydrogen) atoms. The fourth-order valence-electron chi connectivity index (χ4n) is 2.96. The third-order valence-electron chi connectivity index (χ3n) is 4.04. The van der Waals surface area contributed by atoms with Crippen molar-refractivity contribution in [1.29, 1.82) is 0 Å². The number of benzene rings is 1. The van der Waals surface area contributed by atoms with Crippen molar-refractivity contribution < 1.29 is 9.73 Å². The fourth-order valence-corrected chi connectivity index (χ4v) is 2.96. The lowest BCUT2D eigenvalue weighted by Crippen LogP contribution is -2.18. The maximum absolute atomic E-state index is 9.18. The Morgan fingerprint density at radius 2 is 1.88 bits per heavy atom. The van der Waals surface area contributed by atoms with Gasteiger partial charge in [-0.25, -0.2) is 0 Å². The Labute approximate surface area is 139 Å². The highest BCUT2D eigenvalue weighted by atomic mass is 16.5. The van der Waals surface area contributed by atoms with E-state index in [0.717, 1.165) is 27.9 Å². The molecule has 1 aromatic carbocycles. The molecule has 7 nitrogen and oxygen atoms in total. The molecule has 0 atom stereocenters. The van der Waals surface area contributed by atoms with Crippen LogP contribution in [-0.2, 0) is 7.05 Å². The minimum atomic E-state index is 0.0224. The highest BCUT2D eigenvalue weighted by molar-refractivity contribution is 6.06. The molecule has 3 aromatic rings. The van der Waals surface area contributed by atoms with Gasteiger partial charge in [-0.2, -0.15) is 0 Å². The summed E-state index contributed by atoms with van der Waals surface area (Å²) in [5.74, 6) is 0.691. The van der Waals surface area contributed by atoms with Crippen LogP contribution in [0.4, 0.5) is 5.69 Å². The van der Waals surface area contributed by atoms with Crippen molar-refractivity contribution in [2.45, 2.75) is 13.8 Å². The van der Waals surface area contributed by atoms with E-state index in [0.29, 0.717) is 17.1 Å². The topological polar surface area (TPSA) is 116 Å². The predicted molar refractivity (Wildman–Crippen MR) is 92.7 cm³/mol. The van der Waals surface area contributed by atoms with Gasteiger partial charge < -0.3 is 25.8 Å². The van der Waals surface area contributed by atoms with Crippen LogP contribution in [0.3, 0.4) is 0 Å². The van der Waals surface area contributed by atoms with Crippen LogP contribution in [0.15, 0.2) is 40.1 Å².